The van der Waals surface area contributed by atoms with E-state index in [9.17, 15) is 9.59 Å². The topological polar surface area (TPSA) is 93.4 Å². The summed E-state index contributed by atoms with van der Waals surface area (Å²) in [6.45, 7) is 3.83. The zero-order valence-corrected chi connectivity index (χ0v) is 14.5. The Bertz CT molecular complexity index is 593. The van der Waals surface area contributed by atoms with Gasteiger partial charge in [-0.05, 0) is 32.3 Å². The third-order valence-electron chi connectivity index (χ3n) is 3.64. The summed E-state index contributed by atoms with van der Waals surface area (Å²) in [5.41, 5.74) is 0.399. The number of benzene rings is 1. The van der Waals surface area contributed by atoms with Gasteiger partial charge in [0.25, 0.3) is 0 Å². The average molecular weight is 331 g/mol. The second-order valence-corrected chi connectivity index (χ2v) is 6.62. The van der Waals surface area contributed by atoms with E-state index in [1.165, 1.54) is 4.90 Å². The van der Waals surface area contributed by atoms with E-state index in [2.05, 4.69) is 11.4 Å². The van der Waals surface area contributed by atoms with Crippen molar-refractivity contribution in [3.8, 4) is 6.07 Å². The normalized spacial score (nSPS) is 12.1. The average Bonchev–Trinajstić information content (AvgIpc) is 2.53. The van der Waals surface area contributed by atoms with Gasteiger partial charge >= 0.3 is 12.0 Å². The molecule has 0 aliphatic carbocycles. The number of urea groups is 1. The summed E-state index contributed by atoms with van der Waals surface area (Å²) in [6.07, 6.45) is 0.909. The monoisotopic (exact) mass is 331 g/mol. The second-order valence-electron chi connectivity index (χ2n) is 6.62. The lowest BCUT2D eigenvalue weighted by atomic mass is 9.95. The van der Waals surface area contributed by atoms with Gasteiger partial charge in [-0.1, -0.05) is 30.3 Å². The van der Waals surface area contributed by atoms with Crippen molar-refractivity contribution in [3.63, 3.8) is 0 Å². The molecule has 0 aliphatic heterocycles. The van der Waals surface area contributed by atoms with Crippen LogP contribution in [0.2, 0.25) is 0 Å². The molecule has 0 spiro atoms. The molecule has 1 aromatic rings. The molecule has 0 bridgehead atoms. The number of hydrogen-bond acceptors (Lipinski definition) is 3. The number of aliphatic carboxylic acids is 1. The summed E-state index contributed by atoms with van der Waals surface area (Å²) < 4.78 is 0. The minimum atomic E-state index is -0.888. The van der Waals surface area contributed by atoms with Crippen LogP contribution in [0.1, 0.15) is 32.3 Å². The first kappa shape index (κ1) is 19.5. The van der Waals surface area contributed by atoms with E-state index in [0.29, 0.717) is 19.4 Å². The molecule has 0 saturated carbocycles. The van der Waals surface area contributed by atoms with Gasteiger partial charge in [0.2, 0.25) is 0 Å². The molecule has 0 fully saturated rings. The number of carbonyl (C=O) groups excluding carboxylic acids is 1. The standard InChI is InChI=1S/C18H25N3O3/c1-18(2,12-19)13-21(3)17(24)20-15(9-10-16(22)23)11-14-7-5-4-6-8-14/h4-8,15H,9-11,13H2,1-3H3,(H,20,24)(H,22,23). The van der Waals surface area contributed by atoms with Crippen LogP contribution >= 0.6 is 0 Å². The molecule has 2 amide bonds. The molecule has 24 heavy (non-hydrogen) atoms. The SMILES string of the molecule is CN(CC(C)(C)C#N)C(=O)NC(CCC(=O)O)Cc1ccccc1. The van der Waals surface area contributed by atoms with Crippen LogP contribution in [-0.4, -0.2) is 41.6 Å². The molecule has 0 radical (unpaired) electrons. The Hall–Kier alpha value is -2.55. The maximum absolute atomic E-state index is 12.3. The largest absolute Gasteiger partial charge is 0.481 e. The molecule has 1 unspecified atom stereocenters. The molecule has 0 heterocycles. The van der Waals surface area contributed by atoms with Crippen LogP contribution in [-0.2, 0) is 11.2 Å². The molecule has 1 aromatic carbocycles. The molecule has 2 N–H and O–H groups in total. The quantitative estimate of drug-likeness (QED) is 0.766. The minimum absolute atomic E-state index is 0.00875. The first-order valence-electron chi connectivity index (χ1n) is 7.92. The molecule has 130 valence electrons. The van der Waals surface area contributed by atoms with Gasteiger partial charge in [0.05, 0.1) is 11.5 Å². The Balaban J connectivity index is 2.71. The van der Waals surface area contributed by atoms with Gasteiger partial charge in [0.1, 0.15) is 0 Å². The number of carboxylic acids is 1. The number of amides is 2. The van der Waals surface area contributed by atoms with E-state index in [0.717, 1.165) is 5.56 Å². The second kappa shape index (κ2) is 8.92. The molecule has 0 saturated heterocycles. The summed E-state index contributed by atoms with van der Waals surface area (Å²) in [5, 5.41) is 20.9. The fourth-order valence-electron chi connectivity index (χ4n) is 2.41. The van der Waals surface area contributed by atoms with E-state index in [1.54, 1.807) is 20.9 Å². The lowest BCUT2D eigenvalue weighted by Crippen LogP contribution is -2.46. The van der Waals surface area contributed by atoms with Gasteiger partial charge < -0.3 is 15.3 Å². The molecule has 0 aromatic heterocycles. The number of rotatable bonds is 8. The molecule has 1 atom stereocenters. The van der Waals surface area contributed by atoms with Crippen LogP contribution < -0.4 is 5.32 Å². The fraction of sp³-hybridized carbons (Fsp3) is 0.500. The third kappa shape index (κ3) is 7.14. The highest BCUT2D eigenvalue weighted by Crippen LogP contribution is 2.15. The number of nitriles is 1. The van der Waals surface area contributed by atoms with Gasteiger partial charge in [-0.3, -0.25) is 4.79 Å². The summed E-state index contributed by atoms with van der Waals surface area (Å²) in [7, 11) is 1.63. The zero-order chi connectivity index (χ0) is 18.2. The van der Waals surface area contributed by atoms with Crippen LogP contribution in [0.5, 0.6) is 0 Å². The number of nitrogens with zero attached hydrogens (tertiary/aromatic N) is 2. The van der Waals surface area contributed by atoms with E-state index in [-0.39, 0.29) is 18.5 Å². The predicted octanol–water partition coefficient (Wildman–Crippen LogP) is 2.65. The number of carboxylic acid groups (broad SMARTS) is 1. The van der Waals surface area contributed by atoms with Crippen molar-refractivity contribution in [2.75, 3.05) is 13.6 Å². The number of carbonyl (C=O) groups is 2. The number of hydrogen-bond donors (Lipinski definition) is 2. The van der Waals surface area contributed by atoms with Crippen molar-refractivity contribution in [3.05, 3.63) is 35.9 Å². The van der Waals surface area contributed by atoms with Crippen LogP contribution in [0.25, 0.3) is 0 Å². The van der Waals surface area contributed by atoms with Gasteiger partial charge in [-0.15, -0.1) is 0 Å². The highest BCUT2D eigenvalue weighted by Gasteiger charge is 2.23. The van der Waals surface area contributed by atoms with E-state index in [4.69, 9.17) is 10.4 Å². The van der Waals surface area contributed by atoms with Crippen LogP contribution in [0, 0.1) is 16.7 Å². The highest BCUT2D eigenvalue weighted by molar-refractivity contribution is 5.74. The molecular weight excluding hydrogens is 306 g/mol. The molecule has 1 rings (SSSR count). The Kier molecular flexibility index (Phi) is 7.25. The Morgan fingerprint density at radius 3 is 2.50 bits per heavy atom. The summed E-state index contributed by atoms with van der Waals surface area (Å²) >= 11 is 0. The summed E-state index contributed by atoms with van der Waals surface area (Å²) in [6, 6.07) is 11.2. The Morgan fingerprint density at radius 2 is 1.96 bits per heavy atom. The molecule has 6 nitrogen and oxygen atoms in total. The Labute approximate surface area is 143 Å². The molecule has 6 heteroatoms. The van der Waals surface area contributed by atoms with Crippen molar-refractivity contribution < 1.29 is 14.7 Å². The van der Waals surface area contributed by atoms with Gasteiger partial charge in [0.15, 0.2) is 0 Å². The third-order valence-corrected chi connectivity index (χ3v) is 3.64. The van der Waals surface area contributed by atoms with Crippen molar-refractivity contribution in [2.24, 2.45) is 5.41 Å². The van der Waals surface area contributed by atoms with Crippen LogP contribution in [0.3, 0.4) is 0 Å². The molecule has 0 aliphatic rings. The van der Waals surface area contributed by atoms with Crippen LogP contribution in [0.15, 0.2) is 30.3 Å². The van der Waals surface area contributed by atoms with Crippen molar-refractivity contribution in [2.45, 2.75) is 39.2 Å². The van der Waals surface area contributed by atoms with E-state index >= 15 is 0 Å². The van der Waals surface area contributed by atoms with E-state index in [1.807, 2.05) is 30.3 Å². The first-order valence-corrected chi connectivity index (χ1v) is 7.92. The van der Waals surface area contributed by atoms with Gasteiger partial charge in [0, 0.05) is 26.1 Å². The van der Waals surface area contributed by atoms with Gasteiger partial charge in [-0.2, -0.15) is 5.26 Å². The minimum Gasteiger partial charge on any atom is -0.481 e. The number of nitrogens with one attached hydrogen (secondary N) is 1. The maximum Gasteiger partial charge on any atom is 0.317 e. The fourth-order valence-corrected chi connectivity index (χ4v) is 2.41. The van der Waals surface area contributed by atoms with Crippen LogP contribution in [0.4, 0.5) is 4.79 Å². The zero-order valence-electron chi connectivity index (χ0n) is 14.5. The van der Waals surface area contributed by atoms with Crippen molar-refractivity contribution in [1.29, 1.82) is 5.26 Å². The Morgan fingerprint density at radius 1 is 1.33 bits per heavy atom. The van der Waals surface area contributed by atoms with Crippen molar-refractivity contribution >= 4 is 12.0 Å². The highest BCUT2D eigenvalue weighted by atomic mass is 16.4. The molecular formula is C18H25N3O3. The van der Waals surface area contributed by atoms with Crippen molar-refractivity contribution in [1.82, 2.24) is 10.2 Å². The lowest BCUT2D eigenvalue weighted by molar-refractivity contribution is -0.137. The lowest BCUT2D eigenvalue weighted by Gasteiger charge is -2.27. The van der Waals surface area contributed by atoms with E-state index < -0.39 is 11.4 Å². The summed E-state index contributed by atoms with van der Waals surface area (Å²) in [4.78, 5) is 24.6. The predicted molar refractivity (Wildman–Crippen MR) is 91.4 cm³/mol. The maximum atomic E-state index is 12.3. The smallest absolute Gasteiger partial charge is 0.317 e. The van der Waals surface area contributed by atoms with Gasteiger partial charge in [-0.25, -0.2) is 4.79 Å². The first-order chi connectivity index (χ1) is 11.2. The summed E-state index contributed by atoms with van der Waals surface area (Å²) in [5.74, 6) is -0.888.